The van der Waals surface area contributed by atoms with Crippen molar-refractivity contribution in [2.45, 2.75) is 4.90 Å². The van der Waals surface area contributed by atoms with Crippen LogP contribution in [0.2, 0.25) is 5.02 Å². The summed E-state index contributed by atoms with van der Waals surface area (Å²) in [5, 5.41) is 28.6. The lowest BCUT2D eigenvalue weighted by molar-refractivity contribution is 0.475. The summed E-state index contributed by atoms with van der Waals surface area (Å²) in [6.45, 7) is 0. The highest BCUT2D eigenvalue weighted by Crippen LogP contribution is 2.40. The number of nitrogen functional groups attached to an aromatic ring is 1. The van der Waals surface area contributed by atoms with Crippen molar-refractivity contribution in [3.05, 3.63) is 47.5 Å². The topological polar surface area (TPSA) is 146 Å². The molecule has 5 N–H and O–H groups in total. The van der Waals surface area contributed by atoms with Gasteiger partial charge in [-0.1, -0.05) is 17.7 Å². The van der Waals surface area contributed by atoms with Gasteiger partial charge in [0, 0.05) is 16.1 Å². The molecule has 0 saturated carbocycles. The van der Waals surface area contributed by atoms with Gasteiger partial charge in [-0.15, -0.1) is 10.2 Å². The number of anilines is 1. The number of phenolic OH excluding ortho intramolecular Hbond substituents is 2. The van der Waals surface area contributed by atoms with Crippen LogP contribution < -0.4 is 5.73 Å². The fourth-order valence-electron chi connectivity index (χ4n) is 2.35. The van der Waals surface area contributed by atoms with E-state index in [1.807, 2.05) is 0 Å². The molecule has 0 aliphatic heterocycles. The lowest BCUT2D eigenvalue weighted by Gasteiger charge is -2.08. The average molecular weight is 394 g/mol. The first kappa shape index (κ1) is 17.9. The van der Waals surface area contributed by atoms with Crippen LogP contribution in [0.4, 0.5) is 17.1 Å². The highest BCUT2D eigenvalue weighted by molar-refractivity contribution is 7.85. The van der Waals surface area contributed by atoms with Crippen LogP contribution in [-0.2, 0) is 10.1 Å². The van der Waals surface area contributed by atoms with Crippen molar-refractivity contribution in [2.24, 2.45) is 10.2 Å². The predicted octanol–water partition coefficient (Wildman–Crippen LogP) is 4.15. The third-order valence-corrected chi connectivity index (χ3v) is 4.64. The van der Waals surface area contributed by atoms with Gasteiger partial charge in [-0.3, -0.25) is 4.55 Å². The highest BCUT2D eigenvalue weighted by Gasteiger charge is 2.16. The summed E-state index contributed by atoms with van der Waals surface area (Å²) in [5.41, 5.74) is 5.90. The van der Waals surface area contributed by atoms with Crippen LogP contribution in [-0.4, -0.2) is 23.2 Å². The van der Waals surface area contributed by atoms with E-state index in [9.17, 15) is 18.6 Å². The van der Waals surface area contributed by atoms with Crippen molar-refractivity contribution >= 4 is 49.6 Å². The van der Waals surface area contributed by atoms with Crippen molar-refractivity contribution in [1.29, 1.82) is 0 Å². The van der Waals surface area contributed by atoms with E-state index >= 15 is 0 Å². The zero-order valence-corrected chi connectivity index (χ0v) is 14.5. The van der Waals surface area contributed by atoms with Gasteiger partial charge in [-0.05, 0) is 41.8 Å². The van der Waals surface area contributed by atoms with E-state index in [0.717, 1.165) is 6.07 Å². The summed E-state index contributed by atoms with van der Waals surface area (Å²) in [6.07, 6.45) is 0. The van der Waals surface area contributed by atoms with Gasteiger partial charge in [-0.25, -0.2) is 0 Å². The average Bonchev–Trinajstić information content (AvgIpc) is 2.56. The van der Waals surface area contributed by atoms with Crippen molar-refractivity contribution in [1.82, 2.24) is 0 Å². The fourth-order valence-corrected chi connectivity index (χ4v) is 3.07. The molecule has 0 unspecified atom stereocenters. The molecule has 3 aromatic carbocycles. The summed E-state index contributed by atoms with van der Waals surface area (Å²) in [6, 6.07) is 9.28. The predicted molar refractivity (Wildman–Crippen MR) is 97.1 cm³/mol. The summed E-state index contributed by atoms with van der Waals surface area (Å²) >= 11 is 5.83. The second-order valence-electron chi connectivity index (χ2n) is 5.35. The number of nitrogens with two attached hydrogens (primary N) is 1. The molecule has 0 atom stereocenters. The number of aromatic hydroxyl groups is 2. The Morgan fingerprint density at radius 2 is 1.65 bits per heavy atom. The van der Waals surface area contributed by atoms with Gasteiger partial charge in [-0.2, -0.15) is 8.42 Å². The largest absolute Gasteiger partial charge is 0.506 e. The molecule has 0 aliphatic rings. The van der Waals surface area contributed by atoms with Gasteiger partial charge < -0.3 is 15.9 Å². The van der Waals surface area contributed by atoms with Crippen molar-refractivity contribution in [3.63, 3.8) is 0 Å². The first-order valence-corrected chi connectivity index (χ1v) is 8.91. The number of azo groups is 1. The van der Waals surface area contributed by atoms with Gasteiger partial charge in [0.25, 0.3) is 10.1 Å². The monoisotopic (exact) mass is 393 g/mol. The Morgan fingerprint density at radius 1 is 0.962 bits per heavy atom. The summed E-state index contributed by atoms with van der Waals surface area (Å²) in [5.74, 6) is -0.470. The van der Waals surface area contributed by atoms with Gasteiger partial charge in [0.1, 0.15) is 17.1 Å². The number of nitrogens with zero attached hydrogens (tertiary/aromatic N) is 2. The summed E-state index contributed by atoms with van der Waals surface area (Å²) < 4.78 is 31.7. The number of hydrogen-bond donors (Lipinski definition) is 4. The Bertz CT molecular complexity index is 1160. The first-order valence-electron chi connectivity index (χ1n) is 7.10. The third kappa shape index (κ3) is 3.40. The number of rotatable bonds is 3. The van der Waals surface area contributed by atoms with E-state index in [-0.39, 0.29) is 38.8 Å². The molecule has 0 amide bonds. The smallest absolute Gasteiger partial charge is 0.294 e. The molecule has 10 heteroatoms. The Kier molecular flexibility index (Phi) is 4.45. The zero-order chi connectivity index (χ0) is 19.1. The van der Waals surface area contributed by atoms with E-state index in [4.69, 9.17) is 21.9 Å². The standard InChI is InChI=1S/C16H12ClN3O5S/c17-9-2-4-14(21)13(6-9)20-19-12-3-1-8-5-10(26(23,24)25)7-11(18)15(8)16(12)22/h1-7,21-22H,18H2,(H,23,24,25). The molecule has 3 aromatic rings. The molecule has 26 heavy (non-hydrogen) atoms. The van der Waals surface area contributed by atoms with Gasteiger partial charge in [0.15, 0.2) is 5.75 Å². The lowest BCUT2D eigenvalue weighted by atomic mass is 10.1. The van der Waals surface area contributed by atoms with Crippen molar-refractivity contribution in [2.75, 3.05) is 5.73 Å². The molecule has 0 saturated heterocycles. The third-order valence-electron chi connectivity index (χ3n) is 3.57. The second kappa shape index (κ2) is 6.45. The maximum absolute atomic E-state index is 11.3. The van der Waals surface area contributed by atoms with E-state index in [1.54, 1.807) is 0 Å². The molecule has 8 nitrogen and oxygen atoms in total. The molecule has 0 aromatic heterocycles. The van der Waals surface area contributed by atoms with E-state index in [2.05, 4.69) is 10.2 Å². The Labute approximate surface area is 152 Å². The lowest BCUT2D eigenvalue weighted by Crippen LogP contribution is -2.00. The highest BCUT2D eigenvalue weighted by atomic mass is 35.5. The van der Waals surface area contributed by atoms with Gasteiger partial charge >= 0.3 is 0 Å². The Hall–Kier alpha value is -2.88. The quantitative estimate of drug-likeness (QED) is 0.298. The van der Waals surface area contributed by atoms with Gasteiger partial charge in [0.2, 0.25) is 0 Å². The van der Waals surface area contributed by atoms with Crippen molar-refractivity contribution in [3.8, 4) is 11.5 Å². The van der Waals surface area contributed by atoms with Crippen LogP contribution in [0.3, 0.4) is 0 Å². The molecule has 0 radical (unpaired) electrons. The maximum atomic E-state index is 11.3. The summed E-state index contributed by atoms with van der Waals surface area (Å²) in [4.78, 5) is -0.389. The molecule has 0 aliphatic carbocycles. The molecular weight excluding hydrogens is 382 g/mol. The number of fused-ring (bicyclic) bond motifs is 1. The number of halogens is 1. The molecule has 0 fully saturated rings. The summed E-state index contributed by atoms with van der Waals surface area (Å²) in [7, 11) is -4.44. The Morgan fingerprint density at radius 3 is 2.35 bits per heavy atom. The van der Waals surface area contributed by atoms with E-state index < -0.39 is 10.1 Å². The first-order chi connectivity index (χ1) is 12.2. The minimum atomic E-state index is -4.44. The van der Waals surface area contributed by atoms with Crippen LogP contribution in [0.25, 0.3) is 10.8 Å². The Balaban J connectivity index is 2.11. The second-order valence-corrected chi connectivity index (χ2v) is 7.21. The van der Waals surface area contributed by atoms with Crippen LogP contribution in [0.5, 0.6) is 11.5 Å². The number of phenols is 2. The number of hydrogen-bond acceptors (Lipinski definition) is 7. The minimum Gasteiger partial charge on any atom is -0.506 e. The minimum absolute atomic E-state index is 0.0446. The van der Waals surface area contributed by atoms with Crippen LogP contribution >= 0.6 is 11.6 Å². The maximum Gasteiger partial charge on any atom is 0.294 e. The van der Waals surface area contributed by atoms with Crippen LogP contribution in [0, 0.1) is 0 Å². The molecule has 0 bridgehead atoms. The molecule has 0 spiro atoms. The normalized spacial score (nSPS) is 12.1. The molecular formula is C16H12ClN3O5S. The molecule has 3 rings (SSSR count). The molecule has 0 heterocycles. The molecule has 134 valence electrons. The number of benzene rings is 3. The van der Waals surface area contributed by atoms with Gasteiger partial charge in [0.05, 0.1) is 4.90 Å². The fraction of sp³-hybridized carbons (Fsp3) is 0. The van der Waals surface area contributed by atoms with Crippen molar-refractivity contribution < 1.29 is 23.2 Å². The van der Waals surface area contributed by atoms with E-state index in [1.165, 1.54) is 36.4 Å². The van der Waals surface area contributed by atoms with Crippen LogP contribution in [0.1, 0.15) is 0 Å². The zero-order valence-electron chi connectivity index (χ0n) is 13.0. The van der Waals surface area contributed by atoms with E-state index in [0.29, 0.717) is 10.4 Å². The van der Waals surface area contributed by atoms with Crippen LogP contribution in [0.15, 0.2) is 57.6 Å². The SMILES string of the molecule is Nc1cc(S(=O)(=O)O)cc2ccc(N=Nc3cc(Cl)ccc3O)c(O)c12.